The van der Waals surface area contributed by atoms with Crippen molar-refractivity contribution in [1.82, 2.24) is 10.3 Å². The zero-order chi connectivity index (χ0) is 16.4. The van der Waals surface area contributed by atoms with Gasteiger partial charge in [-0.15, -0.1) is 0 Å². The number of hydrogen-bond acceptors (Lipinski definition) is 3. The van der Waals surface area contributed by atoms with E-state index in [0.717, 1.165) is 35.7 Å². The van der Waals surface area contributed by atoms with Crippen molar-refractivity contribution in [3.63, 3.8) is 0 Å². The molecule has 3 aliphatic rings. The Bertz CT molecular complexity index is 817. The van der Waals surface area contributed by atoms with Gasteiger partial charge in [0.15, 0.2) is 0 Å². The van der Waals surface area contributed by atoms with Crippen molar-refractivity contribution in [1.29, 1.82) is 0 Å². The van der Waals surface area contributed by atoms with Crippen LogP contribution in [0, 0.1) is 5.41 Å². The lowest BCUT2D eigenvalue weighted by Gasteiger charge is -2.60. The zero-order valence-corrected chi connectivity index (χ0v) is 13.8. The first-order valence-corrected chi connectivity index (χ1v) is 9.07. The van der Waals surface area contributed by atoms with Gasteiger partial charge < -0.3 is 11.1 Å². The molecule has 0 radical (unpaired) electrons. The van der Waals surface area contributed by atoms with E-state index >= 15 is 0 Å². The average molecular weight is 321 g/mol. The molecular weight excluding hydrogens is 298 g/mol. The third-order valence-electron chi connectivity index (χ3n) is 6.82. The van der Waals surface area contributed by atoms with Gasteiger partial charge in [-0.25, -0.2) is 0 Å². The molecule has 3 fully saturated rings. The molecule has 2 aromatic rings. The molecule has 3 N–H and O–H groups in total. The summed E-state index contributed by atoms with van der Waals surface area (Å²) in [6.07, 6.45) is 8.12. The van der Waals surface area contributed by atoms with E-state index in [9.17, 15) is 4.79 Å². The first-order valence-electron chi connectivity index (χ1n) is 9.07. The van der Waals surface area contributed by atoms with Crippen LogP contribution in [0.1, 0.15) is 44.2 Å². The standard InChI is InChI=1S/C20H23N3O/c21-15-12-16(19(15)7-3-8-19)23-18(24)20(9-10-20)17-14-5-2-1-4-13(14)6-11-22-17/h1-2,4-6,11,15-16H,3,7-10,12,21H2,(H,23,24). The number of carbonyl (C=O) groups excluding carboxylic acids is 1. The average Bonchev–Trinajstić information content (AvgIpc) is 3.34. The van der Waals surface area contributed by atoms with Crippen molar-refractivity contribution in [2.45, 2.75) is 56.0 Å². The Labute approximate surface area is 141 Å². The van der Waals surface area contributed by atoms with E-state index in [0.29, 0.717) is 0 Å². The Balaban J connectivity index is 1.44. The Kier molecular flexibility index (Phi) is 2.88. The second-order valence-corrected chi connectivity index (χ2v) is 7.92. The molecule has 0 aliphatic heterocycles. The Hall–Kier alpha value is -1.94. The number of amides is 1. The minimum Gasteiger partial charge on any atom is -0.352 e. The number of benzene rings is 1. The van der Waals surface area contributed by atoms with Gasteiger partial charge in [0.1, 0.15) is 0 Å². The van der Waals surface area contributed by atoms with E-state index in [1.165, 1.54) is 19.3 Å². The molecular formula is C20H23N3O. The van der Waals surface area contributed by atoms with Gasteiger partial charge in [-0.3, -0.25) is 9.78 Å². The molecule has 24 heavy (non-hydrogen) atoms. The highest BCUT2D eigenvalue weighted by molar-refractivity contribution is 5.97. The maximum Gasteiger partial charge on any atom is 0.232 e. The summed E-state index contributed by atoms with van der Waals surface area (Å²) in [6, 6.07) is 10.8. The van der Waals surface area contributed by atoms with E-state index in [2.05, 4.69) is 22.4 Å². The van der Waals surface area contributed by atoms with Crippen molar-refractivity contribution in [2.75, 3.05) is 0 Å². The normalized spacial score (nSPS) is 28.9. The van der Waals surface area contributed by atoms with Gasteiger partial charge in [-0.05, 0) is 43.6 Å². The number of nitrogens with one attached hydrogen (secondary N) is 1. The van der Waals surface area contributed by atoms with Crippen LogP contribution in [0.2, 0.25) is 0 Å². The molecule has 1 aromatic carbocycles. The monoisotopic (exact) mass is 321 g/mol. The lowest BCUT2D eigenvalue weighted by Crippen LogP contribution is -2.70. The van der Waals surface area contributed by atoms with Crippen LogP contribution in [0.4, 0.5) is 0 Å². The van der Waals surface area contributed by atoms with Gasteiger partial charge in [0.25, 0.3) is 0 Å². The Morgan fingerprint density at radius 3 is 2.62 bits per heavy atom. The molecule has 1 amide bonds. The van der Waals surface area contributed by atoms with Crippen molar-refractivity contribution in [3.05, 3.63) is 42.2 Å². The molecule has 1 heterocycles. The van der Waals surface area contributed by atoms with Crippen LogP contribution in [0.15, 0.2) is 36.5 Å². The molecule has 5 rings (SSSR count). The number of nitrogens with two attached hydrogens (primary N) is 1. The minimum absolute atomic E-state index is 0.162. The van der Waals surface area contributed by atoms with Crippen LogP contribution in [0.25, 0.3) is 10.8 Å². The third-order valence-corrected chi connectivity index (χ3v) is 6.82. The number of aromatic nitrogens is 1. The molecule has 0 saturated heterocycles. The highest BCUT2D eigenvalue weighted by Gasteiger charge is 2.60. The zero-order valence-electron chi connectivity index (χ0n) is 13.8. The first-order chi connectivity index (χ1) is 11.7. The second kappa shape index (κ2) is 4.79. The van der Waals surface area contributed by atoms with Crippen LogP contribution in [0.5, 0.6) is 0 Å². The summed E-state index contributed by atoms with van der Waals surface area (Å²) in [6.45, 7) is 0. The molecule has 2 unspecified atom stereocenters. The third kappa shape index (κ3) is 1.78. The molecule has 1 spiro atoms. The molecule has 0 bridgehead atoms. The number of nitrogens with zero attached hydrogens (tertiary/aromatic N) is 1. The largest absolute Gasteiger partial charge is 0.352 e. The van der Waals surface area contributed by atoms with Crippen LogP contribution < -0.4 is 11.1 Å². The molecule has 124 valence electrons. The summed E-state index contributed by atoms with van der Waals surface area (Å²) in [5.41, 5.74) is 6.95. The summed E-state index contributed by atoms with van der Waals surface area (Å²) in [7, 11) is 0. The van der Waals surface area contributed by atoms with Gasteiger partial charge in [0.2, 0.25) is 5.91 Å². The summed E-state index contributed by atoms with van der Waals surface area (Å²) in [5, 5.41) is 5.61. The smallest absolute Gasteiger partial charge is 0.232 e. The predicted octanol–water partition coefficient (Wildman–Crippen LogP) is 2.65. The Morgan fingerprint density at radius 2 is 1.96 bits per heavy atom. The second-order valence-electron chi connectivity index (χ2n) is 7.92. The van der Waals surface area contributed by atoms with Gasteiger partial charge in [-0.1, -0.05) is 30.7 Å². The molecule has 1 aromatic heterocycles. The van der Waals surface area contributed by atoms with Gasteiger partial charge in [-0.2, -0.15) is 0 Å². The molecule has 4 heteroatoms. The van der Waals surface area contributed by atoms with Gasteiger partial charge in [0.05, 0.1) is 11.1 Å². The number of rotatable bonds is 3. The van der Waals surface area contributed by atoms with Crippen LogP contribution in [0.3, 0.4) is 0 Å². The van der Waals surface area contributed by atoms with Crippen molar-refractivity contribution >= 4 is 16.7 Å². The first kappa shape index (κ1) is 14.4. The van der Waals surface area contributed by atoms with E-state index in [4.69, 9.17) is 5.73 Å². The minimum atomic E-state index is -0.425. The lowest BCUT2D eigenvalue weighted by atomic mass is 9.50. The number of hydrogen-bond donors (Lipinski definition) is 2. The maximum atomic E-state index is 13.1. The van der Waals surface area contributed by atoms with Crippen LogP contribution >= 0.6 is 0 Å². The topological polar surface area (TPSA) is 68.0 Å². The number of pyridine rings is 1. The van der Waals surface area contributed by atoms with Crippen LogP contribution in [-0.4, -0.2) is 23.0 Å². The van der Waals surface area contributed by atoms with E-state index in [1.807, 2.05) is 24.4 Å². The number of carbonyl (C=O) groups is 1. The van der Waals surface area contributed by atoms with Crippen molar-refractivity contribution in [3.8, 4) is 0 Å². The Morgan fingerprint density at radius 1 is 1.17 bits per heavy atom. The summed E-state index contributed by atoms with van der Waals surface area (Å²) in [5.74, 6) is 0.162. The predicted molar refractivity (Wildman–Crippen MR) is 93.5 cm³/mol. The summed E-state index contributed by atoms with van der Waals surface area (Å²) < 4.78 is 0. The summed E-state index contributed by atoms with van der Waals surface area (Å²) >= 11 is 0. The number of fused-ring (bicyclic) bond motifs is 1. The summed E-state index contributed by atoms with van der Waals surface area (Å²) in [4.78, 5) is 17.7. The SMILES string of the molecule is NC1CC(NC(=O)C2(c3nccc4ccccc34)CC2)C12CCC2. The highest BCUT2D eigenvalue weighted by Crippen LogP contribution is 2.56. The maximum absolute atomic E-state index is 13.1. The fraction of sp³-hybridized carbons (Fsp3) is 0.500. The molecule has 3 aliphatic carbocycles. The van der Waals surface area contributed by atoms with Crippen LogP contribution in [-0.2, 0) is 10.2 Å². The van der Waals surface area contributed by atoms with E-state index < -0.39 is 5.41 Å². The van der Waals surface area contributed by atoms with Gasteiger partial charge in [0, 0.05) is 29.1 Å². The highest BCUT2D eigenvalue weighted by atomic mass is 16.2. The van der Waals surface area contributed by atoms with Crippen molar-refractivity contribution < 1.29 is 4.79 Å². The quantitative estimate of drug-likeness (QED) is 0.913. The van der Waals surface area contributed by atoms with E-state index in [-0.39, 0.29) is 23.4 Å². The molecule has 2 atom stereocenters. The molecule has 4 nitrogen and oxygen atoms in total. The fourth-order valence-electron chi connectivity index (χ4n) is 4.82. The fourth-order valence-corrected chi connectivity index (χ4v) is 4.82. The van der Waals surface area contributed by atoms with E-state index in [1.54, 1.807) is 0 Å². The van der Waals surface area contributed by atoms with Crippen molar-refractivity contribution in [2.24, 2.45) is 11.1 Å². The van der Waals surface area contributed by atoms with Gasteiger partial charge >= 0.3 is 0 Å². The lowest BCUT2D eigenvalue weighted by molar-refractivity contribution is -0.130. The molecule has 3 saturated carbocycles.